The number of nitro benzene ring substituents is 1. The molecule has 0 saturated carbocycles. The van der Waals surface area contributed by atoms with Gasteiger partial charge in [-0.2, -0.15) is 5.26 Å². The molecule has 0 aromatic heterocycles. The number of hydrogen-bond donors (Lipinski definition) is 1. The monoisotopic (exact) mass is 277 g/mol. The Morgan fingerprint density at radius 2 is 2.30 bits per heavy atom. The van der Waals surface area contributed by atoms with E-state index in [0.29, 0.717) is 13.0 Å². The molecular weight excluding hydrogens is 258 g/mol. The van der Waals surface area contributed by atoms with Crippen LogP contribution in [-0.2, 0) is 11.2 Å². The van der Waals surface area contributed by atoms with E-state index in [0.717, 1.165) is 18.5 Å². The van der Waals surface area contributed by atoms with Crippen molar-refractivity contribution in [2.24, 2.45) is 0 Å². The highest BCUT2D eigenvalue weighted by Gasteiger charge is 2.15. The van der Waals surface area contributed by atoms with Crippen LogP contribution in [0, 0.1) is 21.4 Å². The fraction of sp³-hybridized carbons (Fsp3) is 0.500. The first kappa shape index (κ1) is 16.1. The molecule has 0 fully saturated rings. The van der Waals surface area contributed by atoms with Crippen molar-refractivity contribution in [1.82, 2.24) is 5.32 Å². The Bertz CT molecular complexity index is 497. The summed E-state index contributed by atoms with van der Waals surface area (Å²) in [6, 6.07) is 6.66. The molecule has 0 saturated heterocycles. The highest BCUT2D eigenvalue weighted by Crippen LogP contribution is 2.19. The Hall–Kier alpha value is -1.97. The molecule has 0 bridgehead atoms. The van der Waals surface area contributed by atoms with E-state index in [-0.39, 0.29) is 17.3 Å². The quantitative estimate of drug-likeness (QED) is 0.580. The van der Waals surface area contributed by atoms with Crippen LogP contribution in [-0.4, -0.2) is 31.2 Å². The van der Waals surface area contributed by atoms with Gasteiger partial charge in [0.1, 0.15) is 11.6 Å². The number of nitro groups is 1. The van der Waals surface area contributed by atoms with Gasteiger partial charge < -0.3 is 10.1 Å². The van der Waals surface area contributed by atoms with Gasteiger partial charge >= 0.3 is 0 Å². The number of nitrogens with zero attached hydrogens (tertiary/aromatic N) is 2. The van der Waals surface area contributed by atoms with Gasteiger partial charge in [-0.1, -0.05) is 13.0 Å². The lowest BCUT2D eigenvalue weighted by Gasteiger charge is -2.17. The lowest BCUT2D eigenvalue weighted by molar-refractivity contribution is -0.385. The summed E-state index contributed by atoms with van der Waals surface area (Å²) in [6.45, 7) is 3.52. The normalized spacial score (nSPS) is 11.8. The molecule has 1 N–H and O–H groups in total. The van der Waals surface area contributed by atoms with Gasteiger partial charge in [0.2, 0.25) is 0 Å². The van der Waals surface area contributed by atoms with Crippen LogP contribution in [0.3, 0.4) is 0 Å². The average molecular weight is 277 g/mol. The van der Waals surface area contributed by atoms with Crippen LogP contribution in [0.5, 0.6) is 0 Å². The number of hydrogen-bond acceptors (Lipinski definition) is 5. The Morgan fingerprint density at radius 1 is 1.55 bits per heavy atom. The van der Waals surface area contributed by atoms with E-state index in [9.17, 15) is 10.1 Å². The van der Waals surface area contributed by atoms with Crippen LogP contribution in [0.2, 0.25) is 0 Å². The molecule has 20 heavy (non-hydrogen) atoms. The fourth-order valence-corrected chi connectivity index (χ4v) is 1.98. The Morgan fingerprint density at radius 3 is 2.85 bits per heavy atom. The topological polar surface area (TPSA) is 88.2 Å². The van der Waals surface area contributed by atoms with Crippen molar-refractivity contribution in [1.29, 1.82) is 5.26 Å². The summed E-state index contributed by atoms with van der Waals surface area (Å²) in [7, 11) is 1.64. The summed E-state index contributed by atoms with van der Waals surface area (Å²) in [5, 5.41) is 23.1. The minimum Gasteiger partial charge on any atom is -0.383 e. The van der Waals surface area contributed by atoms with Crippen LogP contribution >= 0.6 is 0 Å². The number of benzene rings is 1. The first-order valence-electron chi connectivity index (χ1n) is 6.52. The van der Waals surface area contributed by atoms with Crippen molar-refractivity contribution in [2.75, 3.05) is 20.3 Å². The lowest BCUT2D eigenvalue weighted by atomic mass is 10.0. The molecule has 6 nitrogen and oxygen atoms in total. The number of ether oxygens (including phenoxy) is 1. The van der Waals surface area contributed by atoms with Crippen molar-refractivity contribution in [2.45, 2.75) is 25.8 Å². The fourth-order valence-electron chi connectivity index (χ4n) is 1.98. The number of rotatable bonds is 8. The predicted molar refractivity (Wildman–Crippen MR) is 75.5 cm³/mol. The van der Waals surface area contributed by atoms with Gasteiger partial charge in [-0.15, -0.1) is 0 Å². The maximum absolute atomic E-state index is 10.8. The van der Waals surface area contributed by atoms with Crippen molar-refractivity contribution in [3.63, 3.8) is 0 Å². The summed E-state index contributed by atoms with van der Waals surface area (Å²) in [5.74, 6) is 0. The third-order valence-corrected chi connectivity index (χ3v) is 2.91. The van der Waals surface area contributed by atoms with Crippen LogP contribution in [0.4, 0.5) is 5.69 Å². The van der Waals surface area contributed by atoms with E-state index in [1.807, 2.05) is 6.07 Å². The zero-order valence-electron chi connectivity index (χ0n) is 11.8. The molecule has 1 rings (SSSR count). The molecule has 1 aromatic carbocycles. The maximum Gasteiger partial charge on any atom is 0.287 e. The van der Waals surface area contributed by atoms with E-state index in [2.05, 4.69) is 12.2 Å². The first-order chi connectivity index (χ1) is 9.62. The maximum atomic E-state index is 10.8. The molecule has 108 valence electrons. The molecule has 0 heterocycles. The van der Waals surface area contributed by atoms with Crippen molar-refractivity contribution < 1.29 is 9.66 Å². The van der Waals surface area contributed by atoms with Crippen molar-refractivity contribution in [3.8, 4) is 6.07 Å². The second kappa shape index (κ2) is 8.25. The minimum absolute atomic E-state index is 0.0964. The van der Waals surface area contributed by atoms with Gasteiger partial charge in [-0.3, -0.25) is 10.1 Å². The van der Waals surface area contributed by atoms with E-state index < -0.39 is 4.92 Å². The average Bonchev–Trinajstić information content (AvgIpc) is 2.44. The summed E-state index contributed by atoms with van der Waals surface area (Å²) in [6.07, 6.45) is 1.68. The zero-order chi connectivity index (χ0) is 15.0. The molecule has 0 amide bonds. The van der Waals surface area contributed by atoms with E-state index >= 15 is 0 Å². The summed E-state index contributed by atoms with van der Waals surface area (Å²) in [4.78, 5) is 10.2. The van der Waals surface area contributed by atoms with Gasteiger partial charge in [0.05, 0.1) is 11.5 Å². The Labute approximate surface area is 118 Å². The van der Waals surface area contributed by atoms with Gasteiger partial charge in [0.15, 0.2) is 0 Å². The first-order valence-corrected chi connectivity index (χ1v) is 6.52. The summed E-state index contributed by atoms with van der Waals surface area (Å²) < 4.78 is 5.16. The van der Waals surface area contributed by atoms with Crippen LogP contribution < -0.4 is 5.32 Å². The van der Waals surface area contributed by atoms with Crippen LogP contribution in [0.1, 0.15) is 24.5 Å². The number of nitrogens with one attached hydrogen (secondary N) is 1. The molecule has 0 radical (unpaired) electrons. The molecule has 1 atom stereocenters. The third-order valence-electron chi connectivity index (χ3n) is 2.91. The third kappa shape index (κ3) is 4.61. The second-order valence-corrected chi connectivity index (χ2v) is 4.53. The van der Waals surface area contributed by atoms with Crippen LogP contribution in [0.15, 0.2) is 18.2 Å². The van der Waals surface area contributed by atoms with E-state index in [4.69, 9.17) is 10.00 Å². The number of nitriles is 1. The molecule has 0 aliphatic carbocycles. The molecule has 0 aliphatic rings. The molecule has 1 unspecified atom stereocenters. The molecular formula is C14H19N3O3. The highest BCUT2D eigenvalue weighted by atomic mass is 16.6. The minimum atomic E-state index is -0.537. The highest BCUT2D eigenvalue weighted by molar-refractivity contribution is 5.50. The SMILES string of the molecule is CCCNC(COC)Cc1ccc([N+](=O)[O-])c(C#N)c1. The van der Waals surface area contributed by atoms with E-state index in [1.165, 1.54) is 6.07 Å². The molecule has 6 heteroatoms. The van der Waals surface area contributed by atoms with Gasteiger partial charge in [0, 0.05) is 19.2 Å². The Kier molecular flexibility index (Phi) is 6.64. The van der Waals surface area contributed by atoms with Gasteiger partial charge in [-0.05, 0) is 31.0 Å². The standard InChI is InChI=1S/C14H19N3O3/c1-3-6-16-13(10-20-2)8-11-4-5-14(17(18)19)12(7-11)9-15/h4-5,7,13,16H,3,6,8,10H2,1-2H3. The summed E-state index contributed by atoms with van der Waals surface area (Å²) >= 11 is 0. The number of methoxy groups -OCH3 is 1. The van der Waals surface area contributed by atoms with Crippen molar-refractivity contribution >= 4 is 5.69 Å². The zero-order valence-corrected chi connectivity index (χ0v) is 11.8. The van der Waals surface area contributed by atoms with Crippen molar-refractivity contribution in [3.05, 3.63) is 39.4 Å². The molecule has 1 aromatic rings. The Balaban J connectivity index is 2.85. The smallest absolute Gasteiger partial charge is 0.287 e. The van der Waals surface area contributed by atoms with Gasteiger partial charge in [0.25, 0.3) is 5.69 Å². The van der Waals surface area contributed by atoms with Crippen LogP contribution in [0.25, 0.3) is 0 Å². The lowest BCUT2D eigenvalue weighted by Crippen LogP contribution is -2.35. The van der Waals surface area contributed by atoms with Gasteiger partial charge in [-0.25, -0.2) is 0 Å². The summed E-state index contributed by atoms with van der Waals surface area (Å²) in [5.41, 5.74) is 0.832. The molecule has 0 spiro atoms. The predicted octanol–water partition coefficient (Wildman–Crippen LogP) is 2.02. The molecule has 0 aliphatic heterocycles. The largest absolute Gasteiger partial charge is 0.383 e. The second-order valence-electron chi connectivity index (χ2n) is 4.53. The van der Waals surface area contributed by atoms with E-state index in [1.54, 1.807) is 19.2 Å².